The Morgan fingerprint density at radius 3 is 2.00 bits per heavy atom. The first-order chi connectivity index (χ1) is 5.57. The van der Waals surface area contributed by atoms with Crippen molar-refractivity contribution in [2.24, 2.45) is 0 Å². The second kappa shape index (κ2) is 3.65. The van der Waals surface area contributed by atoms with Crippen molar-refractivity contribution >= 4 is 0 Å². The molecule has 0 radical (unpaired) electrons. The quantitative estimate of drug-likeness (QED) is 0.290. The molecule has 72 valence electrons. The summed E-state index contributed by atoms with van der Waals surface area (Å²) in [5.41, 5.74) is 0. The lowest BCUT2D eigenvalue weighted by molar-refractivity contribution is -0.286. The molecule has 0 aromatic carbocycles. The second-order valence-electron chi connectivity index (χ2n) is 2.72. The Morgan fingerprint density at radius 2 is 1.50 bits per heavy atom. The molecule has 0 aromatic rings. The zero-order valence-electron chi connectivity index (χ0n) is 6.24. The molecular formula is C6H12O6. The molecule has 12 heavy (non-hydrogen) atoms. The van der Waals surface area contributed by atoms with E-state index in [1.165, 1.54) is 0 Å². The number of hydrogen-bond acceptors (Lipinski definition) is 6. The topological polar surface area (TPSA) is 110 Å². The lowest BCUT2D eigenvalue weighted by atomic mass is 10.00. The second-order valence-corrected chi connectivity index (χ2v) is 2.72. The van der Waals surface area contributed by atoms with Crippen LogP contribution in [0.3, 0.4) is 0 Å². The summed E-state index contributed by atoms with van der Waals surface area (Å²) in [6, 6.07) is 0. The normalized spacial score (nSPS) is 49.2. The molecule has 5 atom stereocenters. The molecule has 0 aliphatic carbocycles. The maximum Gasteiger partial charge on any atom is 0.184 e. The lowest BCUT2D eigenvalue weighted by Crippen LogP contribution is -2.58. The number of rotatable bonds is 1. The number of aliphatic hydroxyl groups is 5. The SMILES string of the molecule is OCC1OC(O)[C@@H](O)C(O)C1O. The van der Waals surface area contributed by atoms with Crippen LogP contribution in [0.5, 0.6) is 0 Å². The third kappa shape index (κ3) is 1.58. The van der Waals surface area contributed by atoms with Crippen molar-refractivity contribution in [3.63, 3.8) is 0 Å². The first-order valence-electron chi connectivity index (χ1n) is 3.56. The molecule has 5 N–H and O–H groups in total. The number of ether oxygens (including phenoxy) is 1. The summed E-state index contributed by atoms with van der Waals surface area (Å²) < 4.78 is 4.58. The molecule has 0 saturated carbocycles. The summed E-state index contributed by atoms with van der Waals surface area (Å²) in [6.07, 6.45) is -7.04. The van der Waals surface area contributed by atoms with E-state index >= 15 is 0 Å². The van der Waals surface area contributed by atoms with Gasteiger partial charge in [-0.25, -0.2) is 0 Å². The number of hydrogen-bond donors (Lipinski definition) is 5. The van der Waals surface area contributed by atoms with Gasteiger partial charge in [0.1, 0.15) is 24.4 Å². The third-order valence-electron chi connectivity index (χ3n) is 1.87. The number of aliphatic hydroxyl groups excluding tert-OH is 5. The molecule has 0 aromatic heterocycles. The third-order valence-corrected chi connectivity index (χ3v) is 1.87. The van der Waals surface area contributed by atoms with Crippen LogP contribution < -0.4 is 0 Å². The molecular weight excluding hydrogens is 168 g/mol. The van der Waals surface area contributed by atoms with Crippen molar-refractivity contribution in [1.82, 2.24) is 0 Å². The van der Waals surface area contributed by atoms with Crippen molar-refractivity contribution in [2.75, 3.05) is 6.61 Å². The summed E-state index contributed by atoms with van der Waals surface area (Å²) >= 11 is 0. The highest BCUT2D eigenvalue weighted by Gasteiger charge is 2.42. The van der Waals surface area contributed by atoms with Gasteiger partial charge in [-0.05, 0) is 0 Å². The Hall–Kier alpha value is -0.240. The molecule has 1 rings (SSSR count). The van der Waals surface area contributed by atoms with Crippen molar-refractivity contribution in [1.29, 1.82) is 0 Å². The minimum Gasteiger partial charge on any atom is -0.394 e. The van der Waals surface area contributed by atoms with Crippen molar-refractivity contribution < 1.29 is 30.3 Å². The van der Waals surface area contributed by atoms with Gasteiger partial charge in [0.25, 0.3) is 0 Å². The van der Waals surface area contributed by atoms with Crippen molar-refractivity contribution in [3.05, 3.63) is 0 Å². The van der Waals surface area contributed by atoms with E-state index in [1.54, 1.807) is 0 Å². The largest absolute Gasteiger partial charge is 0.394 e. The highest BCUT2D eigenvalue weighted by molar-refractivity contribution is 4.87. The van der Waals surface area contributed by atoms with Crippen molar-refractivity contribution in [2.45, 2.75) is 30.7 Å². The molecule has 4 unspecified atom stereocenters. The van der Waals surface area contributed by atoms with Gasteiger partial charge in [0.05, 0.1) is 6.61 Å². The van der Waals surface area contributed by atoms with Crippen LogP contribution in [-0.4, -0.2) is 62.8 Å². The van der Waals surface area contributed by atoms with E-state index < -0.39 is 37.3 Å². The summed E-state index contributed by atoms with van der Waals surface area (Å²) in [5.74, 6) is 0. The van der Waals surface area contributed by atoms with E-state index in [9.17, 15) is 0 Å². The van der Waals surface area contributed by atoms with Crippen LogP contribution in [0.1, 0.15) is 0 Å². The molecule has 0 amide bonds. The van der Waals surface area contributed by atoms with Crippen LogP contribution in [0.2, 0.25) is 0 Å². The van der Waals surface area contributed by atoms with E-state index in [1.807, 2.05) is 0 Å². The van der Waals surface area contributed by atoms with Gasteiger partial charge in [-0.15, -0.1) is 0 Å². The summed E-state index contributed by atoms with van der Waals surface area (Å²) in [6.45, 7) is -0.526. The average molecular weight is 180 g/mol. The van der Waals surface area contributed by atoms with Gasteiger partial charge >= 0.3 is 0 Å². The highest BCUT2D eigenvalue weighted by Crippen LogP contribution is 2.18. The smallest absolute Gasteiger partial charge is 0.184 e. The molecule has 0 bridgehead atoms. The van der Waals surface area contributed by atoms with Crippen LogP contribution in [0.4, 0.5) is 0 Å². The zero-order chi connectivity index (χ0) is 9.30. The predicted octanol–water partition coefficient (Wildman–Crippen LogP) is -3.22. The van der Waals surface area contributed by atoms with Crippen LogP contribution in [0, 0.1) is 0 Å². The first kappa shape index (κ1) is 9.85. The van der Waals surface area contributed by atoms with Gasteiger partial charge in [-0.1, -0.05) is 0 Å². The summed E-state index contributed by atoms with van der Waals surface area (Å²) in [4.78, 5) is 0. The standard InChI is InChI=1S/C6H12O6/c7-1-2-3(8)4(9)5(10)6(11)12-2/h2-11H,1H2/t2?,3?,4?,5-,6?/m0/s1. The Kier molecular flexibility index (Phi) is 2.99. The lowest BCUT2D eigenvalue weighted by Gasteiger charge is -2.37. The minimum atomic E-state index is -1.57. The molecule has 1 aliphatic heterocycles. The van der Waals surface area contributed by atoms with E-state index in [-0.39, 0.29) is 0 Å². The monoisotopic (exact) mass is 180 g/mol. The maximum atomic E-state index is 9.12. The van der Waals surface area contributed by atoms with Crippen LogP contribution in [0.15, 0.2) is 0 Å². The van der Waals surface area contributed by atoms with E-state index in [0.29, 0.717) is 0 Å². The van der Waals surface area contributed by atoms with E-state index in [0.717, 1.165) is 0 Å². The molecule has 6 heteroatoms. The van der Waals surface area contributed by atoms with Gasteiger partial charge in [0.15, 0.2) is 6.29 Å². The Morgan fingerprint density at radius 1 is 0.917 bits per heavy atom. The minimum absolute atomic E-state index is 0.526. The Labute approximate surface area is 68.6 Å². The average Bonchev–Trinajstić information content (AvgIpc) is 2.08. The highest BCUT2D eigenvalue weighted by atomic mass is 16.6. The fourth-order valence-electron chi connectivity index (χ4n) is 1.08. The van der Waals surface area contributed by atoms with E-state index in [2.05, 4.69) is 4.74 Å². The van der Waals surface area contributed by atoms with Crippen molar-refractivity contribution in [3.8, 4) is 0 Å². The molecule has 1 heterocycles. The van der Waals surface area contributed by atoms with Gasteiger partial charge in [-0.2, -0.15) is 0 Å². The van der Waals surface area contributed by atoms with E-state index in [4.69, 9.17) is 25.5 Å². The first-order valence-corrected chi connectivity index (χ1v) is 3.56. The van der Waals surface area contributed by atoms with Gasteiger partial charge < -0.3 is 30.3 Å². The zero-order valence-corrected chi connectivity index (χ0v) is 6.24. The predicted molar refractivity (Wildman–Crippen MR) is 36.0 cm³/mol. The van der Waals surface area contributed by atoms with Gasteiger partial charge in [0, 0.05) is 0 Å². The summed E-state index contributed by atoms with van der Waals surface area (Å²) in [5, 5.41) is 44.7. The molecule has 6 nitrogen and oxygen atoms in total. The summed E-state index contributed by atoms with van der Waals surface area (Å²) in [7, 11) is 0. The Bertz CT molecular complexity index is 146. The van der Waals surface area contributed by atoms with Gasteiger partial charge in [0.2, 0.25) is 0 Å². The maximum absolute atomic E-state index is 9.12. The van der Waals surface area contributed by atoms with Crippen LogP contribution in [0.25, 0.3) is 0 Å². The fourth-order valence-corrected chi connectivity index (χ4v) is 1.08. The van der Waals surface area contributed by atoms with Gasteiger partial charge in [-0.3, -0.25) is 0 Å². The van der Waals surface area contributed by atoms with Crippen LogP contribution in [-0.2, 0) is 4.74 Å². The fraction of sp³-hybridized carbons (Fsp3) is 1.00. The molecule has 1 saturated heterocycles. The Balaban J connectivity index is 2.63. The molecule has 0 spiro atoms. The molecule has 1 aliphatic rings. The van der Waals surface area contributed by atoms with Crippen LogP contribution >= 0.6 is 0 Å². The molecule has 1 fully saturated rings.